The van der Waals surface area contributed by atoms with E-state index in [9.17, 15) is 15.0 Å². The van der Waals surface area contributed by atoms with Crippen molar-refractivity contribution in [2.24, 2.45) is 16.6 Å². The van der Waals surface area contributed by atoms with Crippen molar-refractivity contribution in [3.05, 3.63) is 96.2 Å². The number of aliphatic imine (C=N–C) groups is 1. The predicted molar refractivity (Wildman–Crippen MR) is 160 cm³/mol. The Morgan fingerprint density at radius 3 is 2.71 bits per heavy atom. The number of aliphatic hydroxyl groups is 2. The van der Waals surface area contributed by atoms with Gasteiger partial charge in [0.2, 0.25) is 0 Å². The molecule has 11 heteroatoms. The van der Waals surface area contributed by atoms with Crippen LogP contribution in [0, 0.1) is 0 Å². The molecule has 2 heterocycles. The number of hydrazine groups is 1. The molecular formula is C30H41N7O4. The van der Waals surface area contributed by atoms with Crippen LogP contribution in [-0.2, 0) is 22.5 Å². The summed E-state index contributed by atoms with van der Waals surface area (Å²) < 4.78 is 5.32. The summed E-state index contributed by atoms with van der Waals surface area (Å²) in [5.41, 5.74) is 10.5. The Labute approximate surface area is 241 Å². The number of carbonyl (C=O) groups excluding carboxylic acids is 1. The van der Waals surface area contributed by atoms with Gasteiger partial charge in [0.25, 0.3) is 5.91 Å². The second-order valence-electron chi connectivity index (χ2n) is 9.70. The molecule has 7 N–H and O–H groups in total. The second kappa shape index (κ2) is 16.4. The van der Waals surface area contributed by atoms with Crippen LogP contribution in [0.2, 0.25) is 0 Å². The molecule has 0 spiro atoms. The summed E-state index contributed by atoms with van der Waals surface area (Å²) >= 11 is 0. The smallest absolute Gasteiger partial charge is 0.251 e. The van der Waals surface area contributed by atoms with E-state index in [4.69, 9.17) is 16.3 Å². The fourth-order valence-electron chi connectivity index (χ4n) is 4.39. The normalized spacial score (nSPS) is 19.9. The lowest BCUT2D eigenvalue weighted by molar-refractivity contribution is -0.162. The molecule has 1 aliphatic rings. The Hall–Kier alpha value is -3.87. The molecule has 0 aliphatic carbocycles. The third-order valence-corrected chi connectivity index (χ3v) is 6.43. The number of pyridine rings is 1. The van der Waals surface area contributed by atoms with Crippen molar-refractivity contribution < 1.29 is 19.7 Å². The number of hydrogen-bond acceptors (Lipinski definition) is 10. The molecule has 1 fully saturated rings. The molecule has 0 unspecified atom stereocenters. The average molecular weight is 564 g/mol. The number of anilines is 1. The molecule has 3 atom stereocenters. The van der Waals surface area contributed by atoms with Gasteiger partial charge in [-0.3, -0.25) is 24.7 Å². The summed E-state index contributed by atoms with van der Waals surface area (Å²) in [4.78, 5) is 23.3. The van der Waals surface area contributed by atoms with Gasteiger partial charge in [-0.05, 0) is 55.7 Å². The van der Waals surface area contributed by atoms with E-state index in [1.165, 1.54) is 5.01 Å². The van der Waals surface area contributed by atoms with Gasteiger partial charge in [-0.1, -0.05) is 30.9 Å². The number of amides is 1. The second-order valence-corrected chi connectivity index (χ2v) is 9.70. The van der Waals surface area contributed by atoms with E-state index < -0.39 is 24.2 Å². The first-order valence-electron chi connectivity index (χ1n) is 13.6. The quantitative estimate of drug-likeness (QED) is 0.0989. The van der Waals surface area contributed by atoms with Crippen LogP contribution < -0.4 is 21.9 Å². The van der Waals surface area contributed by atoms with Gasteiger partial charge in [0, 0.05) is 50.5 Å². The molecular weight excluding hydrogens is 522 g/mol. The number of benzene rings is 1. The van der Waals surface area contributed by atoms with Gasteiger partial charge in [0.15, 0.2) is 6.10 Å². The van der Waals surface area contributed by atoms with Gasteiger partial charge in [0.1, 0.15) is 6.10 Å². The fraction of sp³-hybridized carbons (Fsp3) is 0.367. The molecule has 0 saturated carbocycles. The molecule has 1 amide bonds. The van der Waals surface area contributed by atoms with E-state index in [1.54, 1.807) is 24.7 Å². The Balaban J connectivity index is 1.57. The van der Waals surface area contributed by atoms with Gasteiger partial charge in [0.05, 0.1) is 29.8 Å². The summed E-state index contributed by atoms with van der Waals surface area (Å²) in [5.74, 6) is 5.86. The first-order valence-corrected chi connectivity index (χ1v) is 13.6. The van der Waals surface area contributed by atoms with E-state index in [1.807, 2.05) is 55.5 Å². The van der Waals surface area contributed by atoms with Crippen LogP contribution in [0.25, 0.3) is 0 Å². The van der Waals surface area contributed by atoms with Crippen molar-refractivity contribution in [3.8, 4) is 0 Å². The molecule has 3 rings (SSSR count). The number of rotatable bonds is 14. The summed E-state index contributed by atoms with van der Waals surface area (Å²) in [6.45, 7) is 7.79. The van der Waals surface area contributed by atoms with Crippen molar-refractivity contribution in [3.63, 3.8) is 0 Å². The number of nitrogens with one attached hydrogen (secondary N) is 1. The van der Waals surface area contributed by atoms with E-state index in [0.717, 1.165) is 22.6 Å². The summed E-state index contributed by atoms with van der Waals surface area (Å²) in [7, 11) is 0. The molecule has 11 nitrogen and oxygen atoms in total. The Morgan fingerprint density at radius 2 is 2.02 bits per heavy atom. The lowest BCUT2D eigenvalue weighted by atomic mass is 10.0. The van der Waals surface area contributed by atoms with E-state index >= 15 is 0 Å². The Morgan fingerprint density at radius 1 is 1.24 bits per heavy atom. The highest BCUT2D eigenvalue weighted by atomic mass is 16.5. The van der Waals surface area contributed by atoms with Crippen LogP contribution in [0.5, 0.6) is 0 Å². The van der Waals surface area contributed by atoms with Crippen LogP contribution in [-0.4, -0.2) is 76.8 Å². The highest BCUT2D eigenvalue weighted by Gasteiger charge is 2.36. The van der Waals surface area contributed by atoms with E-state index in [-0.39, 0.29) is 6.61 Å². The highest BCUT2D eigenvalue weighted by Crippen LogP contribution is 2.16. The minimum Gasteiger partial charge on any atom is -0.400 e. The molecule has 0 bridgehead atoms. The van der Waals surface area contributed by atoms with Crippen LogP contribution in [0.4, 0.5) is 5.69 Å². The molecule has 1 saturated heterocycles. The maximum Gasteiger partial charge on any atom is 0.251 e. The van der Waals surface area contributed by atoms with Crippen LogP contribution in [0.1, 0.15) is 24.6 Å². The number of nitrogens with two attached hydrogens (primary N) is 2. The maximum absolute atomic E-state index is 12.3. The van der Waals surface area contributed by atoms with Crippen molar-refractivity contribution in [1.82, 2.24) is 15.2 Å². The van der Waals surface area contributed by atoms with Crippen LogP contribution in [0.3, 0.4) is 0 Å². The Bertz CT molecular complexity index is 1200. The minimum atomic E-state index is -1.23. The zero-order chi connectivity index (χ0) is 29.6. The SMILES string of the molecule is C=C/C=C(/CN(C/C(N)=C/N(N)c1ccc(CCNC(=O)[C@H]2OCC[C@@H](O)[C@H]2O)cc1)Cc1ccccn1)N=CC. The fourth-order valence-corrected chi connectivity index (χ4v) is 4.39. The minimum absolute atomic E-state index is 0.232. The first-order chi connectivity index (χ1) is 19.8. The summed E-state index contributed by atoms with van der Waals surface area (Å²) in [6.07, 6.45) is 6.40. The number of nitrogens with zero attached hydrogens (tertiary/aromatic N) is 4. The van der Waals surface area contributed by atoms with Crippen molar-refractivity contribution in [1.29, 1.82) is 0 Å². The molecule has 1 aromatic heterocycles. The van der Waals surface area contributed by atoms with E-state index in [2.05, 4.69) is 26.8 Å². The lowest BCUT2D eigenvalue weighted by Gasteiger charge is -2.30. The molecule has 0 radical (unpaired) electrons. The number of carbonyl (C=O) groups is 1. The molecule has 41 heavy (non-hydrogen) atoms. The summed E-state index contributed by atoms with van der Waals surface area (Å²) in [6, 6.07) is 13.4. The molecule has 2 aromatic rings. The number of allylic oxidation sites excluding steroid dienone is 2. The topological polar surface area (TPSA) is 163 Å². The third-order valence-electron chi connectivity index (χ3n) is 6.43. The lowest BCUT2D eigenvalue weighted by Crippen LogP contribution is -2.52. The van der Waals surface area contributed by atoms with Gasteiger partial charge in [-0.15, -0.1) is 0 Å². The Kier molecular flexibility index (Phi) is 12.7. The predicted octanol–water partition coefficient (Wildman–Crippen LogP) is 1.39. The highest BCUT2D eigenvalue weighted by molar-refractivity contribution is 5.81. The third kappa shape index (κ3) is 10.2. The van der Waals surface area contributed by atoms with Gasteiger partial charge < -0.3 is 26.0 Å². The largest absolute Gasteiger partial charge is 0.400 e. The summed E-state index contributed by atoms with van der Waals surface area (Å²) in [5, 5.41) is 24.0. The van der Waals surface area contributed by atoms with Crippen molar-refractivity contribution in [2.75, 3.05) is 31.3 Å². The number of ether oxygens (including phenoxy) is 1. The maximum atomic E-state index is 12.3. The number of aromatic nitrogens is 1. The standard InChI is InChI=1S/C30H41N7O4/c1-3-7-24(33-4-2)20-36(21-25-8-5-6-15-34-25)18-23(31)19-37(32)26-11-9-22(10-12-26)13-16-35-30(40)29-28(39)27(38)14-17-41-29/h3-12,15,19,27-29,38-39H,1,13-14,16-18,20-21,31-32H2,2H3,(H,35,40)/b23-19-,24-7-,33-4?/t27-,28-,29+/m1/s1. The first kappa shape index (κ1) is 31.7. The van der Waals surface area contributed by atoms with E-state index in [0.29, 0.717) is 44.7 Å². The van der Waals surface area contributed by atoms with Crippen molar-refractivity contribution >= 4 is 17.8 Å². The monoisotopic (exact) mass is 563 g/mol. The molecule has 220 valence electrons. The molecule has 1 aromatic carbocycles. The zero-order valence-corrected chi connectivity index (χ0v) is 23.5. The van der Waals surface area contributed by atoms with Crippen LogP contribution in [0.15, 0.2) is 90.0 Å². The molecule has 1 aliphatic heterocycles. The van der Waals surface area contributed by atoms with Crippen LogP contribution >= 0.6 is 0 Å². The van der Waals surface area contributed by atoms with Gasteiger partial charge >= 0.3 is 0 Å². The van der Waals surface area contributed by atoms with Crippen molar-refractivity contribution in [2.45, 2.75) is 44.6 Å². The van der Waals surface area contributed by atoms with Gasteiger partial charge in [-0.2, -0.15) is 0 Å². The van der Waals surface area contributed by atoms with Gasteiger partial charge in [-0.25, -0.2) is 5.84 Å². The zero-order valence-electron chi connectivity index (χ0n) is 23.5. The number of hydrogen-bond donors (Lipinski definition) is 5. The number of aliphatic hydroxyl groups excluding tert-OH is 2. The average Bonchev–Trinajstić information content (AvgIpc) is 2.95.